The topological polar surface area (TPSA) is 120 Å². The highest BCUT2D eigenvalue weighted by Gasteiger charge is 2.34. The normalized spacial score (nSPS) is 21.1. The maximum Gasteiger partial charge on any atom is 0.243 e. The number of hydroxylamine groups is 1. The molecule has 1 heterocycles. The third-order valence-electron chi connectivity index (χ3n) is 7.93. The summed E-state index contributed by atoms with van der Waals surface area (Å²) < 4.78 is 13.1. The maximum atomic E-state index is 12.1. The Morgan fingerprint density at radius 3 is 2.27 bits per heavy atom. The lowest BCUT2D eigenvalue weighted by Gasteiger charge is -2.39. The molecule has 0 aromatic heterocycles. The second-order valence-electron chi connectivity index (χ2n) is 10.9. The number of hydrogen-bond donors (Lipinski definition) is 4. The van der Waals surface area contributed by atoms with Crippen LogP contribution in [0.1, 0.15) is 86.0 Å². The first-order valence-corrected chi connectivity index (χ1v) is 14.6. The van der Waals surface area contributed by atoms with Gasteiger partial charge in [-0.25, -0.2) is 5.48 Å². The largest absolute Gasteiger partial charge is 0.392 e. The minimum atomic E-state index is -0.535. The van der Waals surface area contributed by atoms with Crippen LogP contribution in [0.25, 0.3) is 0 Å². The number of carbonyl (C=O) groups is 2. The van der Waals surface area contributed by atoms with Crippen molar-refractivity contribution in [2.45, 2.75) is 89.1 Å². The Morgan fingerprint density at radius 2 is 1.61 bits per heavy atom. The van der Waals surface area contributed by atoms with E-state index in [0.29, 0.717) is 19.0 Å². The van der Waals surface area contributed by atoms with Gasteiger partial charge in [-0.3, -0.25) is 19.7 Å². The summed E-state index contributed by atoms with van der Waals surface area (Å²) in [6.07, 6.45) is 7.63. The van der Waals surface area contributed by atoms with Crippen molar-refractivity contribution in [1.82, 2.24) is 15.7 Å². The molecule has 0 unspecified atom stereocenters. The molecule has 2 aromatic rings. The van der Waals surface area contributed by atoms with E-state index in [0.717, 1.165) is 41.8 Å². The molecule has 1 aliphatic heterocycles. The van der Waals surface area contributed by atoms with Gasteiger partial charge < -0.3 is 19.9 Å². The molecule has 2 aliphatic rings. The van der Waals surface area contributed by atoms with Crippen LogP contribution in [0.2, 0.25) is 0 Å². The van der Waals surface area contributed by atoms with Crippen molar-refractivity contribution in [2.75, 3.05) is 13.1 Å². The number of nitrogens with one attached hydrogen (secondary N) is 2. The molecule has 9 nitrogen and oxygen atoms in total. The van der Waals surface area contributed by atoms with E-state index in [2.05, 4.69) is 16.8 Å². The van der Waals surface area contributed by atoms with Crippen molar-refractivity contribution in [2.24, 2.45) is 0 Å². The summed E-state index contributed by atoms with van der Waals surface area (Å²) in [6, 6.07) is 16.3. The van der Waals surface area contributed by atoms with Crippen LogP contribution in [0.3, 0.4) is 0 Å². The summed E-state index contributed by atoms with van der Waals surface area (Å²) in [6.45, 7) is 6.01. The zero-order valence-corrected chi connectivity index (χ0v) is 23.7. The fourth-order valence-electron chi connectivity index (χ4n) is 5.65. The van der Waals surface area contributed by atoms with Gasteiger partial charge in [-0.2, -0.15) is 0 Å². The molecule has 41 heavy (non-hydrogen) atoms. The van der Waals surface area contributed by atoms with Crippen LogP contribution in [0.5, 0.6) is 0 Å². The van der Waals surface area contributed by atoms with Crippen molar-refractivity contribution < 1.29 is 29.4 Å². The Kier molecular flexibility index (Phi) is 11.9. The molecule has 2 aromatic carbocycles. The second-order valence-corrected chi connectivity index (χ2v) is 10.9. The number of nitrogens with zero attached hydrogens (tertiary/aromatic N) is 1. The molecule has 4 N–H and O–H groups in total. The minimum Gasteiger partial charge on any atom is -0.392 e. The number of amides is 2. The van der Waals surface area contributed by atoms with Crippen LogP contribution < -0.4 is 10.8 Å². The lowest BCUT2D eigenvalue weighted by Crippen LogP contribution is -2.43. The standard InChI is InChI=1S/C32H43N3O6/c1-2-18-35(27-6-3-4-7-27)21-28-19-29(25-14-12-24(22-36)13-15-25)41-32(40-28)26-16-10-23(11-17-26)20-33-30(37)8-5-9-31(38)34-39/h2,10-17,27-29,32,36,39H,1,3-9,18-22H2,(H,33,37)(H,34,38)/t28-,29+,32+/m1/s1. The first kappa shape index (κ1) is 30.9. The molecule has 3 atom stereocenters. The van der Waals surface area contributed by atoms with E-state index in [-0.39, 0.29) is 37.6 Å². The van der Waals surface area contributed by atoms with Crippen LogP contribution in [0.15, 0.2) is 61.2 Å². The summed E-state index contributed by atoms with van der Waals surface area (Å²) in [5.41, 5.74) is 5.35. The van der Waals surface area contributed by atoms with E-state index in [1.165, 1.54) is 25.7 Å². The predicted octanol–water partition coefficient (Wildman–Crippen LogP) is 4.45. The summed E-state index contributed by atoms with van der Waals surface area (Å²) in [4.78, 5) is 25.7. The molecule has 1 saturated heterocycles. The number of rotatable bonds is 14. The van der Waals surface area contributed by atoms with Gasteiger partial charge in [0.05, 0.1) is 18.8 Å². The highest BCUT2D eigenvalue weighted by atomic mass is 16.7. The van der Waals surface area contributed by atoms with E-state index in [4.69, 9.17) is 14.7 Å². The van der Waals surface area contributed by atoms with Gasteiger partial charge in [0, 0.05) is 50.5 Å². The zero-order valence-electron chi connectivity index (χ0n) is 23.7. The third kappa shape index (κ3) is 9.21. The van der Waals surface area contributed by atoms with Crippen molar-refractivity contribution in [3.8, 4) is 0 Å². The van der Waals surface area contributed by atoms with Crippen LogP contribution in [-0.4, -0.2) is 52.3 Å². The fourth-order valence-corrected chi connectivity index (χ4v) is 5.65. The van der Waals surface area contributed by atoms with E-state index in [9.17, 15) is 14.7 Å². The molecule has 2 fully saturated rings. The van der Waals surface area contributed by atoms with Gasteiger partial charge in [-0.15, -0.1) is 6.58 Å². The lowest BCUT2D eigenvalue weighted by molar-refractivity contribution is -0.253. The highest BCUT2D eigenvalue weighted by Crippen LogP contribution is 2.38. The van der Waals surface area contributed by atoms with Crippen molar-refractivity contribution >= 4 is 11.8 Å². The molecule has 2 amide bonds. The Balaban J connectivity index is 1.41. The fraction of sp³-hybridized carbons (Fsp3) is 0.500. The van der Waals surface area contributed by atoms with Gasteiger partial charge in [-0.05, 0) is 36.0 Å². The van der Waals surface area contributed by atoms with Gasteiger partial charge in [0.1, 0.15) is 0 Å². The van der Waals surface area contributed by atoms with Crippen LogP contribution in [0, 0.1) is 0 Å². The number of aliphatic hydroxyl groups is 1. The zero-order chi connectivity index (χ0) is 29.0. The summed E-state index contributed by atoms with van der Waals surface area (Å²) in [5.74, 6) is -0.651. The Bertz CT molecular complexity index is 1120. The molecular formula is C32H43N3O6. The van der Waals surface area contributed by atoms with Gasteiger partial charge in [0.25, 0.3) is 0 Å². The number of benzene rings is 2. The molecule has 0 spiro atoms. The molecule has 0 radical (unpaired) electrons. The molecule has 1 aliphatic carbocycles. The first-order valence-electron chi connectivity index (χ1n) is 14.6. The van der Waals surface area contributed by atoms with Crippen LogP contribution in [-0.2, 0) is 32.2 Å². The molecule has 9 heteroatoms. The molecule has 222 valence electrons. The SMILES string of the molecule is C=CCN(C[C@H]1C[C@@H](c2ccc(CO)cc2)O[C@@H](c2ccc(CNC(=O)CCCC(=O)NO)cc2)O1)C1CCCC1. The molecule has 0 bridgehead atoms. The van der Waals surface area contributed by atoms with Crippen molar-refractivity contribution in [1.29, 1.82) is 0 Å². The summed E-state index contributed by atoms with van der Waals surface area (Å²) in [5, 5.41) is 20.9. The molecular weight excluding hydrogens is 522 g/mol. The van der Waals surface area contributed by atoms with Crippen LogP contribution >= 0.6 is 0 Å². The van der Waals surface area contributed by atoms with E-state index in [1.807, 2.05) is 54.6 Å². The second kappa shape index (κ2) is 15.8. The summed E-state index contributed by atoms with van der Waals surface area (Å²) >= 11 is 0. The number of ether oxygens (including phenoxy) is 2. The van der Waals surface area contributed by atoms with E-state index in [1.54, 1.807) is 5.48 Å². The Morgan fingerprint density at radius 1 is 0.951 bits per heavy atom. The maximum absolute atomic E-state index is 12.1. The Labute approximate surface area is 242 Å². The van der Waals surface area contributed by atoms with Crippen LogP contribution in [0.4, 0.5) is 0 Å². The minimum absolute atomic E-state index is 0.00569. The third-order valence-corrected chi connectivity index (χ3v) is 7.93. The van der Waals surface area contributed by atoms with E-state index < -0.39 is 12.2 Å². The number of carbonyl (C=O) groups excluding carboxylic acids is 2. The quantitative estimate of drug-likeness (QED) is 0.152. The average molecular weight is 566 g/mol. The summed E-state index contributed by atoms with van der Waals surface area (Å²) in [7, 11) is 0. The van der Waals surface area contributed by atoms with Crippen molar-refractivity contribution in [3.05, 3.63) is 83.4 Å². The molecule has 4 rings (SSSR count). The number of hydrogen-bond acceptors (Lipinski definition) is 7. The first-order chi connectivity index (χ1) is 20.0. The predicted molar refractivity (Wildman–Crippen MR) is 155 cm³/mol. The van der Waals surface area contributed by atoms with E-state index >= 15 is 0 Å². The van der Waals surface area contributed by atoms with Crippen molar-refractivity contribution in [3.63, 3.8) is 0 Å². The van der Waals surface area contributed by atoms with Gasteiger partial charge in [0.2, 0.25) is 11.8 Å². The number of aliphatic hydroxyl groups excluding tert-OH is 1. The average Bonchev–Trinajstić information content (AvgIpc) is 3.55. The van der Waals surface area contributed by atoms with Gasteiger partial charge >= 0.3 is 0 Å². The Hall–Kier alpha value is -3.08. The van der Waals surface area contributed by atoms with Gasteiger partial charge in [-0.1, -0.05) is 67.4 Å². The lowest BCUT2D eigenvalue weighted by atomic mass is 9.99. The monoisotopic (exact) mass is 565 g/mol. The molecule has 1 saturated carbocycles. The highest BCUT2D eigenvalue weighted by molar-refractivity contribution is 5.78. The van der Waals surface area contributed by atoms with Gasteiger partial charge in [0.15, 0.2) is 6.29 Å². The smallest absolute Gasteiger partial charge is 0.243 e.